The highest BCUT2D eigenvalue weighted by Gasteiger charge is 2.30. The van der Waals surface area contributed by atoms with E-state index in [-0.39, 0.29) is 11.4 Å². The molecule has 1 atom stereocenters. The van der Waals surface area contributed by atoms with Crippen LogP contribution in [-0.4, -0.2) is 25.8 Å². The van der Waals surface area contributed by atoms with Crippen molar-refractivity contribution < 1.29 is 18.0 Å². The van der Waals surface area contributed by atoms with Crippen molar-refractivity contribution >= 4 is 44.8 Å². The van der Waals surface area contributed by atoms with Crippen molar-refractivity contribution in [2.45, 2.75) is 19.1 Å². The number of H-pyrrole nitrogens is 1. The fraction of sp³-hybridized carbons (Fsp3) is 0.150. The molecular weight excluding hydrogens is 443 g/mol. The number of carbonyl (C=O) groups is 1. The molecule has 8 nitrogen and oxygen atoms in total. The Balaban J connectivity index is 1.46. The number of hydrogen-bond donors (Lipinski definition) is 3. The van der Waals surface area contributed by atoms with Gasteiger partial charge in [-0.2, -0.15) is 13.2 Å². The first kappa shape index (κ1) is 21.3. The molecule has 0 aliphatic carbocycles. The summed E-state index contributed by atoms with van der Waals surface area (Å²) < 4.78 is 38.1. The fourth-order valence-corrected chi connectivity index (χ4v) is 3.79. The first-order valence-electron chi connectivity index (χ1n) is 9.16. The first-order valence-corrected chi connectivity index (χ1v) is 9.98. The van der Waals surface area contributed by atoms with E-state index in [1.807, 2.05) is 0 Å². The van der Waals surface area contributed by atoms with Crippen LogP contribution >= 0.6 is 11.3 Å². The lowest BCUT2D eigenvalue weighted by Crippen LogP contribution is -2.27. The molecule has 32 heavy (non-hydrogen) atoms. The number of halogens is 3. The third-order valence-electron chi connectivity index (χ3n) is 4.55. The van der Waals surface area contributed by atoms with E-state index in [2.05, 4.69) is 35.4 Å². The van der Waals surface area contributed by atoms with E-state index >= 15 is 0 Å². The molecule has 0 saturated heterocycles. The van der Waals surface area contributed by atoms with Crippen LogP contribution in [0, 0.1) is 6.57 Å². The summed E-state index contributed by atoms with van der Waals surface area (Å²) in [6.45, 7) is 9.00. The highest BCUT2D eigenvalue weighted by atomic mass is 32.1. The molecule has 3 N–H and O–H groups in total. The minimum Gasteiger partial charge on any atom is -0.357 e. The number of fused-ring (bicyclic) bond motifs is 1. The van der Waals surface area contributed by atoms with E-state index in [0.717, 1.165) is 17.0 Å². The second-order valence-electron chi connectivity index (χ2n) is 6.69. The Morgan fingerprint density at radius 3 is 2.66 bits per heavy atom. The zero-order valence-electron chi connectivity index (χ0n) is 16.4. The molecule has 0 radical (unpaired) electrons. The lowest BCUT2D eigenvalue weighted by molar-refractivity contribution is -0.137. The van der Waals surface area contributed by atoms with E-state index in [9.17, 15) is 18.0 Å². The average molecular weight is 457 g/mol. The van der Waals surface area contributed by atoms with Gasteiger partial charge in [0.05, 0.1) is 23.6 Å². The van der Waals surface area contributed by atoms with E-state index in [1.165, 1.54) is 36.0 Å². The normalized spacial score (nSPS) is 12.3. The quantitative estimate of drug-likeness (QED) is 0.357. The lowest BCUT2D eigenvalue weighted by Gasteiger charge is -2.12. The van der Waals surface area contributed by atoms with Crippen LogP contribution in [0.4, 0.5) is 29.7 Å². The number of aromatic nitrogens is 4. The van der Waals surface area contributed by atoms with Crippen molar-refractivity contribution in [2.75, 3.05) is 5.32 Å². The van der Waals surface area contributed by atoms with Crippen LogP contribution in [0.1, 0.15) is 33.9 Å². The highest BCUT2D eigenvalue weighted by molar-refractivity contribution is 7.15. The van der Waals surface area contributed by atoms with Crippen LogP contribution < -0.4 is 10.6 Å². The van der Waals surface area contributed by atoms with Crippen LogP contribution in [0.2, 0.25) is 0 Å². The zero-order chi connectivity index (χ0) is 22.9. The Morgan fingerprint density at radius 1 is 1.22 bits per heavy atom. The van der Waals surface area contributed by atoms with Crippen LogP contribution in [0.5, 0.6) is 0 Å². The van der Waals surface area contributed by atoms with Gasteiger partial charge in [-0.15, -0.1) is 0 Å². The Bertz CT molecular complexity index is 1320. The van der Waals surface area contributed by atoms with Crippen LogP contribution in [0.3, 0.4) is 0 Å². The highest BCUT2D eigenvalue weighted by Crippen LogP contribution is 2.32. The molecule has 0 aliphatic heterocycles. The number of nitrogens with zero attached hydrogens (tertiary/aromatic N) is 4. The molecule has 1 amide bonds. The van der Waals surface area contributed by atoms with Crippen molar-refractivity contribution in [1.29, 1.82) is 0 Å². The molecule has 1 aromatic carbocycles. The second kappa shape index (κ2) is 8.27. The smallest absolute Gasteiger partial charge is 0.357 e. The maximum atomic E-state index is 12.8. The van der Waals surface area contributed by atoms with Gasteiger partial charge >= 0.3 is 6.18 Å². The molecule has 162 valence electrons. The molecule has 1 unspecified atom stereocenters. The van der Waals surface area contributed by atoms with E-state index in [0.29, 0.717) is 21.9 Å². The standard InChI is InChI=1S/C20H14F3N7OS/c1-10(29-18(31)16-15-13(24-2)7-25-17(15)28-9-27-16)14-8-26-19(32-14)30-12-5-3-11(4-6-12)20(21,22)23/h3-10H,1H3,(H,26,30)(H,29,31)(H,25,27,28). The number of aromatic amines is 1. The predicted molar refractivity (Wildman–Crippen MR) is 113 cm³/mol. The molecule has 3 heterocycles. The Kier molecular flexibility index (Phi) is 5.50. The van der Waals surface area contributed by atoms with Gasteiger partial charge in [0, 0.05) is 23.0 Å². The van der Waals surface area contributed by atoms with Gasteiger partial charge < -0.3 is 15.6 Å². The average Bonchev–Trinajstić information content (AvgIpc) is 3.40. The Morgan fingerprint density at radius 2 is 1.97 bits per heavy atom. The van der Waals surface area contributed by atoms with Gasteiger partial charge in [0.1, 0.15) is 17.7 Å². The van der Waals surface area contributed by atoms with Gasteiger partial charge in [-0.25, -0.2) is 19.8 Å². The number of hydrogen-bond acceptors (Lipinski definition) is 6. The minimum absolute atomic E-state index is 0.0849. The molecule has 4 aromatic rings. The van der Waals surface area contributed by atoms with Gasteiger partial charge in [-0.05, 0) is 31.2 Å². The van der Waals surface area contributed by atoms with Crippen LogP contribution in [0.15, 0.2) is 43.0 Å². The monoisotopic (exact) mass is 457 g/mol. The molecular formula is C20H14F3N7OS. The number of alkyl halides is 3. The fourth-order valence-electron chi connectivity index (χ4n) is 2.95. The number of nitrogens with one attached hydrogen (secondary N) is 3. The van der Waals surface area contributed by atoms with Gasteiger partial charge in [-0.1, -0.05) is 11.3 Å². The van der Waals surface area contributed by atoms with Gasteiger partial charge in [0.15, 0.2) is 5.13 Å². The van der Waals surface area contributed by atoms with Gasteiger partial charge in [-0.3, -0.25) is 4.79 Å². The molecule has 4 rings (SSSR count). The molecule has 0 saturated carbocycles. The number of carbonyl (C=O) groups excluding carboxylic acids is 1. The summed E-state index contributed by atoms with van der Waals surface area (Å²) in [6, 6.07) is 4.19. The maximum absolute atomic E-state index is 12.8. The number of amides is 1. The summed E-state index contributed by atoms with van der Waals surface area (Å²) in [7, 11) is 0. The summed E-state index contributed by atoms with van der Waals surface area (Å²) in [6.07, 6.45) is -0.121. The third kappa shape index (κ3) is 4.23. The number of rotatable bonds is 5. The Labute approximate surface area is 183 Å². The van der Waals surface area contributed by atoms with Crippen molar-refractivity contribution in [3.05, 3.63) is 70.5 Å². The summed E-state index contributed by atoms with van der Waals surface area (Å²) in [5.41, 5.74) is 0.450. The van der Waals surface area contributed by atoms with Crippen LogP contribution in [0.25, 0.3) is 15.9 Å². The van der Waals surface area contributed by atoms with E-state index < -0.39 is 23.7 Å². The summed E-state index contributed by atoms with van der Waals surface area (Å²) >= 11 is 1.25. The topological polar surface area (TPSA) is 100.0 Å². The SMILES string of the molecule is [C-]#[N+]c1c[nH]c2ncnc(C(=O)NC(C)c3cnc(Nc4ccc(C(F)(F)F)cc4)s3)c12. The zero-order valence-corrected chi connectivity index (χ0v) is 17.2. The van der Waals surface area contributed by atoms with E-state index in [1.54, 1.807) is 13.1 Å². The largest absolute Gasteiger partial charge is 0.416 e. The number of benzene rings is 1. The number of thiazole rings is 1. The molecule has 0 aliphatic rings. The molecule has 0 spiro atoms. The van der Waals surface area contributed by atoms with Gasteiger partial charge in [0.25, 0.3) is 5.91 Å². The Hall–Kier alpha value is -3.98. The molecule has 3 aromatic heterocycles. The molecule has 0 fully saturated rings. The predicted octanol–water partition coefficient (Wildman–Crippen LogP) is 5.22. The lowest BCUT2D eigenvalue weighted by atomic mass is 10.2. The van der Waals surface area contributed by atoms with Crippen molar-refractivity contribution in [3.8, 4) is 0 Å². The second-order valence-corrected chi connectivity index (χ2v) is 7.76. The summed E-state index contributed by atoms with van der Waals surface area (Å²) in [4.78, 5) is 32.0. The maximum Gasteiger partial charge on any atom is 0.416 e. The van der Waals surface area contributed by atoms with Crippen LogP contribution in [-0.2, 0) is 6.18 Å². The minimum atomic E-state index is -4.40. The van der Waals surface area contributed by atoms with Gasteiger partial charge in [0.2, 0.25) is 5.69 Å². The number of anilines is 2. The first-order chi connectivity index (χ1) is 15.3. The third-order valence-corrected chi connectivity index (χ3v) is 5.64. The van der Waals surface area contributed by atoms with Crippen molar-refractivity contribution in [2.24, 2.45) is 0 Å². The van der Waals surface area contributed by atoms with Crippen molar-refractivity contribution in [3.63, 3.8) is 0 Å². The molecule has 12 heteroatoms. The summed E-state index contributed by atoms with van der Waals surface area (Å²) in [5, 5.41) is 6.58. The molecule has 0 bridgehead atoms. The van der Waals surface area contributed by atoms with Crippen molar-refractivity contribution in [1.82, 2.24) is 25.3 Å². The van der Waals surface area contributed by atoms with E-state index in [4.69, 9.17) is 6.57 Å². The summed E-state index contributed by atoms with van der Waals surface area (Å²) in [5.74, 6) is -0.472.